The first-order chi connectivity index (χ1) is 13.4. The second-order valence-electron chi connectivity index (χ2n) is 7.63. The maximum atomic E-state index is 12.1. The number of allylic oxidation sites excluding steroid dienone is 5. The largest absolute Gasteiger partial charge is 0.468 e. The van der Waals surface area contributed by atoms with Crippen LogP contribution in [0.5, 0.6) is 0 Å². The zero-order valence-electron chi connectivity index (χ0n) is 18.3. The molecular formula is C25H37NO2. The Morgan fingerprint density at radius 2 is 1.57 bits per heavy atom. The van der Waals surface area contributed by atoms with Crippen LogP contribution in [0.2, 0.25) is 0 Å². The quantitative estimate of drug-likeness (QED) is 0.367. The maximum Gasteiger partial charge on any atom is 0.323 e. The fourth-order valence-corrected chi connectivity index (χ4v) is 2.95. The number of methoxy groups -OCH3 is 1. The van der Waals surface area contributed by atoms with Crippen LogP contribution in [0.25, 0.3) is 0 Å². The van der Waals surface area contributed by atoms with Crippen LogP contribution >= 0.6 is 0 Å². The molecule has 0 heterocycles. The summed E-state index contributed by atoms with van der Waals surface area (Å²) in [5, 5.41) is 3.31. The van der Waals surface area contributed by atoms with Gasteiger partial charge in [-0.25, -0.2) is 0 Å². The van der Waals surface area contributed by atoms with Crippen LogP contribution in [0, 0.1) is 0 Å². The van der Waals surface area contributed by atoms with Crippen LogP contribution in [0.1, 0.15) is 58.9 Å². The SMILES string of the molecule is COC(=O)[C@H](Cc1ccccc1)NC/C=C(\C)CC/C=C(\C)CCC=C(C)C. The lowest BCUT2D eigenvalue weighted by Gasteiger charge is -2.15. The van der Waals surface area contributed by atoms with Crippen molar-refractivity contribution in [3.05, 3.63) is 70.8 Å². The molecule has 0 radical (unpaired) electrons. The molecule has 0 aliphatic rings. The fraction of sp³-hybridized carbons (Fsp3) is 0.480. The summed E-state index contributed by atoms with van der Waals surface area (Å²) in [7, 11) is 1.44. The van der Waals surface area contributed by atoms with Gasteiger partial charge in [0.2, 0.25) is 0 Å². The maximum absolute atomic E-state index is 12.1. The van der Waals surface area contributed by atoms with E-state index in [0.717, 1.165) is 31.2 Å². The monoisotopic (exact) mass is 383 g/mol. The lowest BCUT2D eigenvalue weighted by Crippen LogP contribution is -2.39. The van der Waals surface area contributed by atoms with E-state index in [0.29, 0.717) is 13.0 Å². The lowest BCUT2D eigenvalue weighted by molar-refractivity contribution is -0.143. The molecule has 1 rings (SSSR count). The van der Waals surface area contributed by atoms with E-state index < -0.39 is 0 Å². The molecule has 0 spiro atoms. The topological polar surface area (TPSA) is 38.3 Å². The summed E-state index contributed by atoms with van der Waals surface area (Å²) >= 11 is 0. The molecule has 154 valence electrons. The summed E-state index contributed by atoms with van der Waals surface area (Å²) in [5.41, 5.74) is 5.30. The van der Waals surface area contributed by atoms with Crippen molar-refractivity contribution in [3.63, 3.8) is 0 Å². The van der Waals surface area contributed by atoms with Crippen molar-refractivity contribution < 1.29 is 9.53 Å². The molecule has 0 saturated carbocycles. The smallest absolute Gasteiger partial charge is 0.323 e. The van der Waals surface area contributed by atoms with Crippen molar-refractivity contribution in [1.29, 1.82) is 0 Å². The Labute approximate surface area is 171 Å². The van der Waals surface area contributed by atoms with Crippen molar-refractivity contribution in [2.24, 2.45) is 0 Å². The van der Waals surface area contributed by atoms with Crippen molar-refractivity contribution in [1.82, 2.24) is 5.32 Å². The predicted molar refractivity (Wildman–Crippen MR) is 119 cm³/mol. The first-order valence-corrected chi connectivity index (χ1v) is 10.2. The van der Waals surface area contributed by atoms with Gasteiger partial charge in [-0.1, -0.05) is 65.3 Å². The number of rotatable bonds is 12. The molecule has 28 heavy (non-hydrogen) atoms. The van der Waals surface area contributed by atoms with Crippen LogP contribution in [0.4, 0.5) is 0 Å². The molecule has 0 unspecified atom stereocenters. The van der Waals surface area contributed by atoms with Gasteiger partial charge in [0.05, 0.1) is 7.11 Å². The molecule has 1 N–H and O–H groups in total. The third kappa shape index (κ3) is 10.9. The van der Waals surface area contributed by atoms with Crippen LogP contribution in [-0.4, -0.2) is 25.7 Å². The van der Waals surface area contributed by atoms with E-state index in [2.05, 4.69) is 51.2 Å². The van der Waals surface area contributed by atoms with Crippen LogP contribution in [0.15, 0.2) is 65.3 Å². The Balaban J connectivity index is 2.43. The van der Waals surface area contributed by atoms with Gasteiger partial charge in [0.25, 0.3) is 0 Å². The zero-order valence-corrected chi connectivity index (χ0v) is 18.3. The summed E-state index contributed by atoms with van der Waals surface area (Å²) < 4.78 is 4.95. The average molecular weight is 384 g/mol. The van der Waals surface area contributed by atoms with Gasteiger partial charge in [-0.2, -0.15) is 0 Å². The number of hydrogen-bond acceptors (Lipinski definition) is 3. The minimum absolute atomic E-state index is 0.218. The van der Waals surface area contributed by atoms with Crippen molar-refractivity contribution >= 4 is 5.97 Å². The van der Waals surface area contributed by atoms with E-state index in [-0.39, 0.29) is 12.0 Å². The minimum Gasteiger partial charge on any atom is -0.468 e. The molecule has 1 aromatic rings. The number of hydrogen-bond donors (Lipinski definition) is 1. The minimum atomic E-state index is -0.325. The molecule has 0 aliphatic heterocycles. The second-order valence-corrected chi connectivity index (χ2v) is 7.63. The molecule has 3 nitrogen and oxygen atoms in total. The number of carbonyl (C=O) groups is 1. The van der Waals surface area contributed by atoms with Gasteiger partial charge < -0.3 is 10.1 Å². The van der Waals surface area contributed by atoms with Crippen LogP contribution < -0.4 is 5.32 Å². The van der Waals surface area contributed by atoms with Crippen LogP contribution in [0.3, 0.4) is 0 Å². The Morgan fingerprint density at radius 1 is 0.964 bits per heavy atom. The fourth-order valence-electron chi connectivity index (χ4n) is 2.95. The highest BCUT2D eigenvalue weighted by molar-refractivity contribution is 5.76. The highest BCUT2D eigenvalue weighted by Gasteiger charge is 2.18. The predicted octanol–water partition coefficient (Wildman–Crippen LogP) is 5.78. The second kappa shape index (κ2) is 14.0. The first-order valence-electron chi connectivity index (χ1n) is 10.2. The van der Waals surface area contributed by atoms with E-state index in [1.165, 1.54) is 23.8 Å². The molecule has 0 aromatic heterocycles. The standard InChI is InChI=1S/C25H37NO2/c1-20(2)11-9-12-21(3)13-10-14-22(4)17-18-26-24(25(27)28-5)19-23-15-7-6-8-16-23/h6-8,11,13,15-17,24,26H,9-10,12,14,18-19H2,1-5H3/b21-13+,22-17+/t24-/m0/s1. The summed E-state index contributed by atoms with van der Waals surface area (Å²) in [5.74, 6) is -0.218. The van der Waals surface area contributed by atoms with E-state index in [4.69, 9.17) is 4.74 Å². The number of nitrogens with one attached hydrogen (secondary N) is 1. The Bertz CT molecular complexity index is 667. The molecule has 0 aliphatic carbocycles. The Morgan fingerprint density at radius 3 is 2.18 bits per heavy atom. The molecule has 1 atom stereocenters. The Hall–Kier alpha value is -2.13. The van der Waals surface area contributed by atoms with Gasteiger partial charge in [0, 0.05) is 6.54 Å². The molecule has 0 amide bonds. The molecule has 0 fully saturated rings. The normalized spacial score (nSPS) is 13.2. The lowest BCUT2D eigenvalue weighted by atomic mass is 10.1. The van der Waals surface area contributed by atoms with Crippen molar-refractivity contribution in [3.8, 4) is 0 Å². The van der Waals surface area contributed by atoms with Gasteiger partial charge in [-0.05, 0) is 65.4 Å². The van der Waals surface area contributed by atoms with Gasteiger partial charge >= 0.3 is 5.97 Å². The highest BCUT2D eigenvalue weighted by atomic mass is 16.5. The molecule has 0 bridgehead atoms. The summed E-state index contributed by atoms with van der Waals surface area (Å²) in [6, 6.07) is 9.70. The van der Waals surface area contributed by atoms with E-state index >= 15 is 0 Å². The molecule has 0 saturated heterocycles. The third-order valence-electron chi connectivity index (χ3n) is 4.71. The Kier molecular flexibility index (Phi) is 11.9. The highest BCUT2D eigenvalue weighted by Crippen LogP contribution is 2.11. The van der Waals surface area contributed by atoms with E-state index in [1.54, 1.807) is 0 Å². The summed E-state index contributed by atoms with van der Waals surface area (Å²) in [6.45, 7) is 9.32. The number of carbonyl (C=O) groups excluding carboxylic acids is 1. The van der Waals surface area contributed by atoms with Crippen LogP contribution in [-0.2, 0) is 16.0 Å². The van der Waals surface area contributed by atoms with Gasteiger partial charge in [0.15, 0.2) is 0 Å². The average Bonchev–Trinajstić information content (AvgIpc) is 2.67. The summed E-state index contributed by atoms with van der Waals surface area (Å²) in [6.07, 6.45) is 11.8. The van der Waals surface area contributed by atoms with Crippen molar-refractivity contribution in [2.45, 2.75) is 65.8 Å². The van der Waals surface area contributed by atoms with Gasteiger partial charge in [-0.3, -0.25) is 4.79 Å². The molecule has 3 heteroatoms. The van der Waals surface area contributed by atoms with Gasteiger partial charge in [0.1, 0.15) is 6.04 Å². The van der Waals surface area contributed by atoms with Crippen molar-refractivity contribution in [2.75, 3.05) is 13.7 Å². The summed E-state index contributed by atoms with van der Waals surface area (Å²) in [4.78, 5) is 12.1. The van der Waals surface area contributed by atoms with E-state index in [9.17, 15) is 4.79 Å². The molecule has 1 aromatic carbocycles. The third-order valence-corrected chi connectivity index (χ3v) is 4.71. The molecular weight excluding hydrogens is 346 g/mol. The zero-order chi connectivity index (χ0) is 20.8. The first kappa shape index (κ1) is 23.9. The number of esters is 1. The number of benzene rings is 1. The number of ether oxygens (including phenoxy) is 1. The van der Waals surface area contributed by atoms with Gasteiger partial charge in [-0.15, -0.1) is 0 Å². The van der Waals surface area contributed by atoms with E-state index in [1.807, 2.05) is 30.3 Å².